The van der Waals surface area contributed by atoms with Crippen molar-refractivity contribution < 1.29 is 15.3 Å². The van der Waals surface area contributed by atoms with Crippen molar-refractivity contribution in [1.29, 1.82) is 0 Å². The van der Waals surface area contributed by atoms with E-state index < -0.39 is 10.2 Å². The Labute approximate surface area is 55.1 Å². The molecule has 3 nitrogen and oxygen atoms in total. The van der Waals surface area contributed by atoms with E-state index in [2.05, 4.69) is 0 Å². The van der Waals surface area contributed by atoms with Gasteiger partial charge in [0.15, 0.2) is 0 Å². The molecular weight excluding hydrogens is 211 g/mol. The number of hydrogen-bond donors (Lipinski definition) is 3. The maximum absolute atomic E-state index is 8.43. The molecule has 2 atom stereocenters. The highest BCUT2D eigenvalue weighted by Crippen LogP contribution is 1.99. The highest BCUT2D eigenvalue weighted by atomic mass is 127. The van der Waals surface area contributed by atoms with Crippen LogP contribution in [0.25, 0.3) is 0 Å². The Balaban J connectivity index is 3.14. The van der Waals surface area contributed by atoms with Crippen LogP contribution in [0.3, 0.4) is 0 Å². The SMILES string of the molecule is OC[C@@H](O)[C@H](O)I. The van der Waals surface area contributed by atoms with Crippen molar-refractivity contribution in [1.82, 2.24) is 0 Å². The molecule has 0 saturated heterocycles. The Hall–Kier alpha value is 0.610. The molecule has 0 fully saturated rings. The zero-order valence-corrected chi connectivity index (χ0v) is 5.74. The number of aliphatic hydroxyl groups is 3. The zero-order valence-electron chi connectivity index (χ0n) is 3.58. The highest BCUT2D eigenvalue weighted by Gasteiger charge is 2.08. The van der Waals surface area contributed by atoms with E-state index in [9.17, 15) is 0 Å². The van der Waals surface area contributed by atoms with E-state index in [0.29, 0.717) is 0 Å². The van der Waals surface area contributed by atoms with Crippen molar-refractivity contribution in [2.24, 2.45) is 0 Å². The van der Waals surface area contributed by atoms with Crippen molar-refractivity contribution in [3.8, 4) is 0 Å². The molecule has 0 aromatic heterocycles. The Morgan fingerprint density at radius 2 is 1.86 bits per heavy atom. The monoisotopic (exact) mass is 218 g/mol. The third-order valence-corrected chi connectivity index (χ3v) is 1.33. The molecule has 44 valence electrons. The molecule has 0 aliphatic carbocycles. The summed E-state index contributed by atoms with van der Waals surface area (Å²) in [5.74, 6) is 0. The number of alkyl halides is 1. The molecule has 0 amide bonds. The molecule has 0 spiro atoms. The van der Waals surface area contributed by atoms with Gasteiger partial charge in [0.2, 0.25) is 0 Å². The summed E-state index contributed by atoms with van der Waals surface area (Å²) in [5, 5.41) is 24.9. The highest BCUT2D eigenvalue weighted by molar-refractivity contribution is 14.1. The van der Waals surface area contributed by atoms with Gasteiger partial charge >= 0.3 is 0 Å². The van der Waals surface area contributed by atoms with Crippen LogP contribution in [0, 0.1) is 0 Å². The van der Waals surface area contributed by atoms with Gasteiger partial charge in [-0.3, -0.25) is 0 Å². The van der Waals surface area contributed by atoms with E-state index in [0.717, 1.165) is 0 Å². The predicted molar refractivity (Wildman–Crippen MR) is 33.1 cm³/mol. The minimum absolute atomic E-state index is 0.385. The fourth-order valence-corrected chi connectivity index (χ4v) is 0.314. The smallest absolute Gasteiger partial charge is 0.133 e. The molecule has 0 aromatic rings. The summed E-state index contributed by atoms with van der Waals surface area (Å²) >= 11 is 1.61. The van der Waals surface area contributed by atoms with Gasteiger partial charge in [-0.2, -0.15) is 0 Å². The maximum atomic E-state index is 8.43. The molecule has 0 aromatic carbocycles. The molecule has 0 rings (SSSR count). The Kier molecular flexibility index (Phi) is 3.91. The second-order valence-corrected chi connectivity index (χ2v) is 2.40. The first-order valence-corrected chi connectivity index (χ1v) is 3.04. The van der Waals surface area contributed by atoms with E-state index in [1.165, 1.54) is 0 Å². The largest absolute Gasteiger partial charge is 0.394 e. The van der Waals surface area contributed by atoms with Crippen molar-refractivity contribution in [3.63, 3.8) is 0 Å². The third kappa shape index (κ3) is 3.22. The molecule has 4 heteroatoms. The van der Waals surface area contributed by atoms with Crippen molar-refractivity contribution in [3.05, 3.63) is 0 Å². The number of hydrogen-bond acceptors (Lipinski definition) is 3. The molecule has 0 saturated carbocycles. The van der Waals surface area contributed by atoms with Crippen LogP contribution in [0.1, 0.15) is 0 Å². The first-order valence-electron chi connectivity index (χ1n) is 1.79. The van der Waals surface area contributed by atoms with Crippen molar-refractivity contribution in [2.45, 2.75) is 10.2 Å². The molecule has 7 heavy (non-hydrogen) atoms. The second-order valence-electron chi connectivity index (χ2n) is 1.12. The van der Waals surface area contributed by atoms with Crippen LogP contribution in [-0.2, 0) is 0 Å². The lowest BCUT2D eigenvalue weighted by Crippen LogP contribution is -2.23. The summed E-state index contributed by atoms with van der Waals surface area (Å²) in [6.07, 6.45) is -0.999. The summed E-state index contributed by atoms with van der Waals surface area (Å²) in [6, 6.07) is 0. The van der Waals surface area contributed by atoms with E-state index in [1.807, 2.05) is 0 Å². The molecular formula is C3H7IO3. The van der Waals surface area contributed by atoms with Crippen LogP contribution in [0.4, 0.5) is 0 Å². The second kappa shape index (κ2) is 3.59. The standard InChI is InChI=1S/C3H7IO3/c4-3(7)2(6)1-5/h2-3,5-7H,1H2/t2-,3+/m1/s1. The average Bonchev–Trinajstić information content (AvgIpc) is 1.65. The summed E-state index contributed by atoms with van der Waals surface area (Å²) in [6.45, 7) is -0.385. The Morgan fingerprint density at radius 3 is 1.86 bits per heavy atom. The number of aliphatic hydroxyl groups excluding tert-OH is 3. The van der Waals surface area contributed by atoms with Crippen LogP contribution in [0.15, 0.2) is 0 Å². The Bertz CT molecular complexity index is 47.4. The third-order valence-electron chi connectivity index (χ3n) is 0.505. The van der Waals surface area contributed by atoms with Gasteiger partial charge in [-0.05, 0) is 22.6 Å². The first kappa shape index (κ1) is 7.61. The van der Waals surface area contributed by atoms with Gasteiger partial charge < -0.3 is 15.3 Å². The molecule has 0 radical (unpaired) electrons. The van der Waals surface area contributed by atoms with Crippen LogP contribution < -0.4 is 0 Å². The van der Waals surface area contributed by atoms with E-state index in [4.69, 9.17) is 15.3 Å². The van der Waals surface area contributed by atoms with Gasteiger partial charge in [-0.15, -0.1) is 0 Å². The van der Waals surface area contributed by atoms with Crippen LogP contribution in [-0.4, -0.2) is 32.1 Å². The summed E-state index contributed by atoms with van der Waals surface area (Å²) < 4.78 is -0.859. The van der Waals surface area contributed by atoms with Gasteiger partial charge in [-0.1, -0.05) is 0 Å². The van der Waals surface area contributed by atoms with Gasteiger partial charge in [0.05, 0.1) is 6.61 Å². The maximum Gasteiger partial charge on any atom is 0.133 e. The molecule has 0 aliphatic rings. The average molecular weight is 218 g/mol. The summed E-state index contributed by atoms with van der Waals surface area (Å²) in [7, 11) is 0. The summed E-state index contributed by atoms with van der Waals surface area (Å²) in [4.78, 5) is 0. The molecule has 0 unspecified atom stereocenters. The fraction of sp³-hybridized carbons (Fsp3) is 1.00. The van der Waals surface area contributed by atoms with E-state index >= 15 is 0 Å². The first-order chi connectivity index (χ1) is 3.18. The van der Waals surface area contributed by atoms with Crippen molar-refractivity contribution in [2.75, 3.05) is 6.61 Å². The predicted octanol–water partition coefficient (Wildman–Crippen LogP) is -0.907. The zero-order chi connectivity index (χ0) is 5.86. The van der Waals surface area contributed by atoms with Crippen LogP contribution in [0.5, 0.6) is 0 Å². The van der Waals surface area contributed by atoms with Gasteiger partial charge in [0, 0.05) is 0 Å². The van der Waals surface area contributed by atoms with Crippen molar-refractivity contribution >= 4 is 22.6 Å². The van der Waals surface area contributed by atoms with E-state index in [1.54, 1.807) is 22.6 Å². The molecule has 0 heterocycles. The quantitative estimate of drug-likeness (QED) is 0.415. The topological polar surface area (TPSA) is 60.7 Å². The lowest BCUT2D eigenvalue weighted by atomic mass is 10.4. The van der Waals surface area contributed by atoms with E-state index in [-0.39, 0.29) is 6.61 Å². The molecule has 3 N–H and O–H groups in total. The minimum Gasteiger partial charge on any atom is -0.394 e. The van der Waals surface area contributed by atoms with Crippen LogP contribution in [0.2, 0.25) is 0 Å². The summed E-state index contributed by atoms with van der Waals surface area (Å²) in [5.41, 5.74) is 0. The lowest BCUT2D eigenvalue weighted by Gasteiger charge is -2.05. The minimum atomic E-state index is -0.999. The number of rotatable bonds is 2. The van der Waals surface area contributed by atoms with Gasteiger partial charge in [0.1, 0.15) is 10.2 Å². The van der Waals surface area contributed by atoms with Gasteiger partial charge in [0.25, 0.3) is 0 Å². The van der Waals surface area contributed by atoms with Crippen LogP contribution >= 0.6 is 22.6 Å². The van der Waals surface area contributed by atoms with Gasteiger partial charge in [-0.25, -0.2) is 0 Å². The Morgan fingerprint density at radius 1 is 1.43 bits per heavy atom. The lowest BCUT2D eigenvalue weighted by molar-refractivity contribution is 0.0358. The molecule has 0 aliphatic heterocycles. The fourth-order valence-electron chi connectivity index (χ4n) is 0.0870. The number of halogens is 1. The normalized spacial score (nSPS) is 18.9. The molecule has 0 bridgehead atoms.